The Hall–Kier alpha value is -4.50. The predicted molar refractivity (Wildman–Crippen MR) is 145 cm³/mol. The number of aromatic amines is 1. The van der Waals surface area contributed by atoms with Gasteiger partial charge < -0.3 is 47.7 Å². The number of carbonyl (C=O) groups excluding carboxylic acids is 3. The van der Waals surface area contributed by atoms with Crippen LogP contribution in [-0.4, -0.2) is 86.6 Å². The topological polar surface area (TPSA) is 267 Å². The maximum Gasteiger partial charge on any atom is 0.326 e. The summed E-state index contributed by atoms with van der Waals surface area (Å²) in [5.74, 6) is -6.62. The fourth-order valence-electron chi connectivity index (χ4n) is 4.12. The number of aromatic nitrogens is 1. The molecule has 0 spiro atoms. The molecular weight excluding hydrogens is 540 g/mol. The standard InChI is InChI=1S/C26H36N6O9/c27-10-4-3-7-18(31-25(39)19(8-9-21(33)34)30-23(37)16(28)12-22(35)36)24(38)32-20(26(40)41)11-14-13-29-17-6-2-1-5-15(14)17/h1-2,5-6,13,16,18-20,29H,3-4,7-12,27-28H2,(H,30,37)(H,31,39)(H,32,38)(H,33,34)(H,35,36)(H,40,41). The van der Waals surface area contributed by atoms with Gasteiger partial charge in [-0.25, -0.2) is 4.79 Å². The highest BCUT2D eigenvalue weighted by Crippen LogP contribution is 2.19. The minimum Gasteiger partial charge on any atom is -0.481 e. The molecular formula is C26H36N6O9. The van der Waals surface area contributed by atoms with Gasteiger partial charge in [0.2, 0.25) is 17.7 Å². The molecule has 15 nitrogen and oxygen atoms in total. The minimum absolute atomic E-state index is 0.0483. The molecule has 0 bridgehead atoms. The number of carboxylic acids is 3. The first-order valence-corrected chi connectivity index (χ1v) is 13.0. The molecule has 0 saturated carbocycles. The molecule has 0 aliphatic heterocycles. The Labute approximate surface area is 235 Å². The summed E-state index contributed by atoms with van der Waals surface area (Å²) in [6, 6.07) is 1.71. The highest BCUT2D eigenvalue weighted by Gasteiger charge is 2.31. The zero-order valence-corrected chi connectivity index (χ0v) is 22.3. The van der Waals surface area contributed by atoms with E-state index in [0.29, 0.717) is 24.9 Å². The van der Waals surface area contributed by atoms with Gasteiger partial charge in [-0.2, -0.15) is 0 Å². The summed E-state index contributed by atoms with van der Waals surface area (Å²) < 4.78 is 0. The largest absolute Gasteiger partial charge is 0.481 e. The number of amides is 3. The van der Waals surface area contributed by atoms with Gasteiger partial charge in [0, 0.05) is 29.9 Å². The van der Waals surface area contributed by atoms with Crippen molar-refractivity contribution in [3.8, 4) is 0 Å². The van der Waals surface area contributed by atoms with Gasteiger partial charge in [-0.1, -0.05) is 18.2 Å². The van der Waals surface area contributed by atoms with Crippen molar-refractivity contribution in [2.75, 3.05) is 6.54 Å². The Balaban J connectivity index is 2.20. The van der Waals surface area contributed by atoms with Crippen molar-refractivity contribution in [1.29, 1.82) is 0 Å². The Morgan fingerprint density at radius 1 is 0.805 bits per heavy atom. The summed E-state index contributed by atoms with van der Waals surface area (Å²) in [6.07, 6.45) is 0.948. The number of nitrogens with two attached hydrogens (primary N) is 2. The molecule has 0 fully saturated rings. The number of rotatable bonds is 18. The molecule has 2 rings (SSSR count). The number of fused-ring (bicyclic) bond motifs is 1. The lowest BCUT2D eigenvalue weighted by molar-refractivity contribution is -0.142. The van der Waals surface area contributed by atoms with Gasteiger partial charge >= 0.3 is 17.9 Å². The van der Waals surface area contributed by atoms with Gasteiger partial charge in [0.25, 0.3) is 0 Å². The fourth-order valence-corrected chi connectivity index (χ4v) is 4.12. The van der Waals surface area contributed by atoms with E-state index in [1.807, 2.05) is 18.2 Å². The smallest absolute Gasteiger partial charge is 0.326 e. The molecule has 11 N–H and O–H groups in total. The van der Waals surface area contributed by atoms with Gasteiger partial charge in [0.15, 0.2) is 0 Å². The molecule has 15 heteroatoms. The van der Waals surface area contributed by atoms with Crippen LogP contribution in [-0.2, 0) is 35.2 Å². The maximum absolute atomic E-state index is 13.2. The number of H-pyrrole nitrogens is 1. The number of hydrogen-bond donors (Lipinski definition) is 9. The molecule has 3 amide bonds. The van der Waals surface area contributed by atoms with E-state index < -0.39 is 72.6 Å². The van der Waals surface area contributed by atoms with Crippen LogP contribution in [0, 0.1) is 0 Å². The second-order valence-corrected chi connectivity index (χ2v) is 9.51. The summed E-state index contributed by atoms with van der Waals surface area (Å²) in [4.78, 5) is 75.7. The lowest BCUT2D eigenvalue weighted by Gasteiger charge is -2.25. The average Bonchev–Trinajstić information content (AvgIpc) is 3.32. The van der Waals surface area contributed by atoms with Crippen LogP contribution in [0.15, 0.2) is 30.5 Å². The quantitative estimate of drug-likeness (QED) is 0.0976. The molecule has 0 aliphatic rings. The van der Waals surface area contributed by atoms with E-state index in [1.54, 1.807) is 12.3 Å². The number of carboxylic acid groups (broad SMARTS) is 3. The van der Waals surface area contributed by atoms with Crippen LogP contribution in [0.4, 0.5) is 0 Å². The van der Waals surface area contributed by atoms with Crippen molar-refractivity contribution < 1.29 is 44.1 Å². The van der Waals surface area contributed by atoms with Crippen LogP contribution in [0.25, 0.3) is 10.9 Å². The van der Waals surface area contributed by atoms with Crippen LogP contribution in [0.3, 0.4) is 0 Å². The lowest BCUT2D eigenvalue weighted by atomic mass is 10.0. The molecule has 1 aromatic carbocycles. The summed E-state index contributed by atoms with van der Waals surface area (Å²) in [5, 5.41) is 35.7. The number of para-hydroxylation sites is 1. The summed E-state index contributed by atoms with van der Waals surface area (Å²) >= 11 is 0. The molecule has 0 radical (unpaired) electrons. The highest BCUT2D eigenvalue weighted by molar-refractivity contribution is 5.95. The monoisotopic (exact) mass is 576 g/mol. The van der Waals surface area contributed by atoms with Gasteiger partial charge in [-0.3, -0.25) is 24.0 Å². The zero-order valence-electron chi connectivity index (χ0n) is 22.3. The first-order valence-electron chi connectivity index (χ1n) is 13.0. The fraction of sp³-hybridized carbons (Fsp3) is 0.462. The van der Waals surface area contributed by atoms with E-state index in [0.717, 1.165) is 10.9 Å². The molecule has 224 valence electrons. The zero-order chi connectivity index (χ0) is 30.5. The number of benzene rings is 1. The van der Waals surface area contributed by atoms with Crippen molar-refractivity contribution in [2.45, 2.75) is 69.1 Å². The maximum atomic E-state index is 13.2. The normalized spacial score (nSPS) is 13.9. The van der Waals surface area contributed by atoms with Crippen molar-refractivity contribution in [1.82, 2.24) is 20.9 Å². The highest BCUT2D eigenvalue weighted by atomic mass is 16.4. The van der Waals surface area contributed by atoms with E-state index in [1.165, 1.54) is 0 Å². The third kappa shape index (κ3) is 10.5. The van der Waals surface area contributed by atoms with Crippen molar-refractivity contribution in [3.63, 3.8) is 0 Å². The molecule has 0 saturated heterocycles. The van der Waals surface area contributed by atoms with E-state index in [-0.39, 0.29) is 19.3 Å². The summed E-state index contributed by atoms with van der Waals surface area (Å²) in [5.41, 5.74) is 12.5. The van der Waals surface area contributed by atoms with Gasteiger partial charge in [-0.05, 0) is 43.9 Å². The Bertz CT molecular complexity index is 1250. The average molecular weight is 577 g/mol. The Morgan fingerprint density at radius 3 is 2.02 bits per heavy atom. The molecule has 1 heterocycles. The van der Waals surface area contributed by atoms with E-state index in [4.69, 9.17) is 21.7 Å². The Morgan fingerprint density at radius 2 is 1.41 bits per heavy atom. The molecule has 4 atom stereocenters. The van der Waals surface area contributed by atoms with Gasteiger partial charge in [-0.15, -0.1) is 0 Å². The number of unbranched alkanes of at least 4 members (excludes halogenated alkanes) is 1. The predicted octanol–water partition coefficient (Wildman–Crippen LogP) is -0.955. The van der Waals surface area contributed by atoms with Crippen molar-refractivity contribution in [2.24, 2.45) is 11.5 Å². The SMILES string of the molecule is NCCCCC(NC(=O)C(CCC(=O)O)NC(=O)C(N)CC(=O)O)C(=O)NC(Cc1c[nH]c2ccccc12)C(=O)O. The number of aliphatic carboxylic acids is 3. The minimum atomic E-state index is -1.50. The number of carbonyl (C=O) groups is 6. The van der Waals surface area contributed by atoms with Crippen molar-refractivity contribution >= 4 is 46.5 Å². The number of hydrogen-bond acceptors (Lipinski definition) is 8. The summed E-state index contributed by atoms with van der Waals surface area (Å²) in [7, 11) is 0. The van der Waals surface area contributed by atoms with Crippen LogP contribution < -0.4 is 27.4 Å². The van der Waals surface area contributed by atoms with Gasteiger partial charge in [0.1, 0.15) is 18.1 Å². The van der Waals surface area contributed by atoms with Crippen LogP contribution in [0.1, 0.15) is 44.1 Å². The summed E-state index contributed by atoms with van der Waals surface area (Å²) in [6.45, 7) is 0.305. The molecule has 2 aromatic rings. The van der Waals surface area contributed by atoms with Crippen LogP contribution in [0.2, 0.25) is 0 Å². The first-order chi connectivity index (χ1) is 19.4. The van der Waals surface area contributed by atoms with Crippen LogP contribution in [0.5, 0.6) is 0 Å². The van der Waals surface area contributed by atoms with Crippen LogP contribution >= 0.6 is 0 Å². The number of nitrogens with one attached hydrogen (secondary N) is 4. The van der Waals surface area contributed by atoms with Gasteiger partial charge in [0.05, 0.1) is 12.5 Å². The first kappa shape index (κ1) is 32.7. The van der Waals surface area contributed by atoms with E-state index in [9.17, 15) is 33.9 Å². The van der Waals surface area contributed by atoms with E-state index in [2.05, 4.69) is 20.9 Å². The van der Waals surface area contributed by atoms with E-state index >= 15 is 0 Å². The Kier molecular flexibility index (Phi) is 12.7. The molecule has 41 heavy (non-hydrogen) atoms. The third-order valence-electron chi connectivity index (χ3n) is 6.30. The second-order valence-electron chi connectivity index (χ2n) is 9.51. The van der Waals surface area contributed by atoms with Crippen molar-refractivity contribution in [3.05, 3.63) is 36.0 Å². The second kappa shape index (κ2) is 15.9. The lowest BCUT2D eigenvalue weighted by Crippen LogP contribution is -2.57. The molecule has 1 aromatic heterocycles. The molecule has 0 aliphatic carbocycles. The molecule has 4 unspecified atom stereocenters. The third-order valence-corrected chi connectivity index (χ3v) is 6.30.